The smallest absolute Gasteiger partial charge is 0.262 e. The van der Waals surface area contributed by atoms with Crippen molar-refractivity contribution >= 4 is 12.0 Å². The molecule has 1 fully saturated rings. The monoisotopic (exact) mass is 342 g/mol. The molecular weight excluding hydrogens is 316 g/mol. The molecule has 5 heteroatoms. The third-order valence-electron chi connectivity index (χ3n) is 4.42. The molecule has 25 heavy (non-hydrogen) atoms. The summed E-state index contributed by atoms with van der Waals surface area (Å²) in [5.41, 5.74) is 2.96. The molecule has 0 spiro atoms. The number of carbonyl (C=O) groups excluding carboxylic acids is 1. The summed E-state index contributed by atoms with van der Waals surface area (Å²) in [6.07, 6.45) is 3.66. The maximum atomic E-state index is 12.3. The maximum absolute atomic E-state index is 12.3. The van der Waals surface area contributed by atoms with Gasteiger partial charge in [0.15, 0.2) is 0 Å². The van der Waals surface area contributed by atoms with Gasteiger partial charge < -0.3 is 14.8 Å². The first-order valence-electron chi connectivity index (χ1n) is 8.66. The fraction of sp³-hybridized carbons (Fsp3) is 0.500. The highest BCUT2D eigenvalue weighted by Gasteiger charge is 2.18. The summed E-state index contributed by atoms with van der Waals surface area (Å²) in [7, 11) is 1.65. The molecule has 1 aromatic rings. The summed E-state index contributed by atoms with van der Waals surface area (Å²) in [4.78, 5) is 12.3. The van der Waals surface area contributed by atoms with Crippen molar-refractivity contribution in [2.45, 2.75) is 45.6 Å². The number of aryl methyl sites for hydroxylation is 1. The SMILES string of the molecule is COc1cc(C)c(/C=C(\C#N)C(=O)NCC2CCCO2)cc1C(C)C. The fourth-order valence-electron chi connectivity index (χ4n) is 2.91. The topological polar surface area (TPSA) is 71.3 Å². The van der Waals surface area contributed by atoms with E-state index in [0.717, 1.165) is 41.9 Å². The molecule has 0 radical (unpaired) electrons. The van der Waals surface area contributed by atoms with Crippen LogP contribution in [0, 0.1) is 18.3 Å². The van der Waals surface area contributed by atoms with Gasteiger partial charge in [0.05, 0.1) is 13.2 Å². The van der Waals surface area contributed by atoms with Gasteiger partial charge in [-0.1, -0.05) is 13.8 Å². The van der Waals surface area contributed by atoms with Crippen LogP contribution >= 0.6 is 0 Å². The first-order valence-corrected chi connectivity index (χ1v) is 8.66. The summed E-state index contributed by atoms with van der Waals surface area (Å²) < 4.78 is 10.9. The summed E-state index contributed by atoms with van der Waals surface area (Å²) in [6.45, 7) is 7.29. The molecule has 2 rings (SSSR count). The minimum atomic E-state index is -0.362. The molecule has 1 aliphatic heterocycles. The van der Waals surface area contributed by atoms with Crippen LogP contribution in [0.2, 0.25) is 0 Å². The Hall–Kier alpha value is -2.32. The molecule has 1 unspecified atom stereocenters. The van der Waals surface area contributed by atoms with Gasteiger partial charge in [-0.3, -0.25) is 4.79 Å². The Morgan fingerprint density at radius 2 is 2.28 bits per heavy atom. The van der Waals surface area contributed by atoms with Crippen molar-refractivity contribution in [1.29, 1.82) is 5.26 Å². The average Bonchev–Trinajstić information content (AvgIpc) is 3.11. The number of amides is 1. The van der Waals surface area contributed by atoms with Crippen molar-refractivity contribution in [3.63, 3.8) is 0 Å². The zero-order chi connectivity index (χ0) is 18.4. The van der Waals surface area contributed by atoms with E-state index in [4.69, 9.17) is 9.47 Å². The number of nitrogens with one attached hydrogen (secondary N) is 1. The van der Waals surface area contributed by atoms with Gasteiger partial charge in [-0.2, -0.15) is 5.26 Å². The summed E-state index contributed by atoms with van der Waals surface area (Å²) >= 11 is 0. The minimum Gasteiger partial charge on any atom is -0.496 e. The van der Waals surface area contributed by atoms with E-state index >= 15 is 0 Å². The Morgan fingerprint density at radius 1 is 1.52 bits per heavy atom. The Labute approximate surface area is 149 Å². The average molecular weight is 342 g/mol. The quantitative estimate of drug-likeness (QED) is 0.636. The van der Waals surface area contributed by atoms with Gasteiger partial charge in [0, 0.05) is 13.2 Å². The van der Waals surface area contributed by atoms with Gasteiger partial charge >= 0.3 is 0 Å². The van der Waals surface area contributed by atoms with Crippen molar-refractivity contribution in [3.05, 3.63) is 34.4 Å². The number of carbonyl (C=O) groups is 1. The van der Waals surface area contributed by atoms with E-state index in [1.807, 2.05) is 25.1 Å². The molecule has 0 aliphatic carbocycles. The Bertz CT molecular complexity index is 696. The van der Waals surface area contributed by atoms with Crippen molar-refractivity contribution in [3.8, 4) is 11.8 Å². The summed E-state index contributed by atoms with van der Waals surface area (Å²) in [6, 6.07) is 5.94. The molecule has 1 aromatic carbocycles. The molecular formula is C20H26N2O3. The van der Waals surface area contributed by atoms with Crippen molar-refractivity contribution in [1.82, 2.24) is 5.32 Å². The lowest BCUT2D eigenvalue weighted by Gasteiger charge is -2.15. The molecule has 1 saturated heterocycles. The molecule has 0 saturated carbocycles. The third kappa shape index (κ3) is 4.83. The maximum Gasteiger partial charge on any atom is 0.262 e. The van der Waals surface area contributed by atoms with Gasteiger partial charge in [0.2, 0.25) is 0 Å². The van der Waals surface area contributed by atoms with Crippen LogP contribution in [0.1, 0.15) is 49.3 Å². The lowest BCUT2D eigenvalue weighted by Crippen LogP contribution is -2.32. The number of nitrogens with zero attached hydrogens (tertiary/aromatic N) is 1. The van der Waals surface area contributed by atoms with Gasteiger partial charge in [-0.25, -0.2) is 0 Å². The molecule has 1 atom stereocenters. The fourth-order valence-corrected chi connectivity index (χ4v) is 2.91. The van der Waals surface area contributed by atoms with Gasteiger partial charge in [0.1, 0.15) is 17.4 Å². The Balaban J connectivity index is 2.21. The van der Waals surface area contributed by atoms with E-state index in [1.54, 1.807) is 13.2 Å². The number of rotatable bonds is 6. The number of methoxy groups -OCH3 is 1. The molecule has 1 heterocycles. The first-order chi connectivity index (χ1) is 12.0. The number of ether oxygens (including phenoxy) is 2. The predicted octanol–water partition coefficient (Wildman–Crippen LogP) is 3.33. The van der Waals surface area contributed by atoms with Crippen LogP contribution in [0.4, 0.5) is 0 Å². The highest BCUT2D eigenvalue weighted by Crippen LogP contribution is 2.30. The zero-order valence-corrected chi connectivity index (χ0v) is 15.4. The lowest BCUT2D eigenvalue weighted by molar-refractivity contribution is -0.117. The standard InChI is InChI=1S/C20H26N2O3/c1-13(2)18-10-15(14(3)8-19(18)24-4)9-16(11-21)20(23)22-12-17-6-5-7-25-17/h8-10,13,17H,5-7,12H2,1-4H3,(H,22,23)/b16-9+. The minimum absolute atomic E-state index is 0.0548. The van der Waals surface area contributed by atoms with Crippen LogP contribution in [-0.2, 0) is 9.53 Å². The highest BCUT2D eigenvalue weighted by molar-refractivity contribution is 6.01. The number of hydrogen-bond acceptors (Lipinski definition) is 4. The van der Waals surface area contributed by atoms with Crippen LogP contribution in [-0.4, -0.2) is 32.3 Å². The number of hydrogen-bond donors (Lipinski definition) is 1. The van der Waals surface area contributed by atoms with E-state index < -0.39 is 0 Å². The summed E-state index contributed by atoms with van der Waals surface area (Å²) in [5.74, 6) is 0.742. The van der Waals surface area contributed by atoms with Crippen molar-refractivity contribution in [2.75, 3.05) is 20.3 Å². The summed E-state index contributed by atoms with van der Waals surface area (Å²) in [5, 5.41) is 12.2. The molecule has 1 N–H and O–H groups in total. The highest BCUT2D eigenvalue weighted by atomic mass is 16.5. The third-order valence-corrected chi connectivity index (χ3v) is 4.42. The van der Waals surface area contributed by atoms with Crippen LogP contribution < -0.4 is 10.1 Å². The molecule has 134 valence electrons. The van der Waals surface area contributed by atoms with Gasteiger partial charge in [-0.15, -0.1) is 0 Å². The second-order valence-electron chi connectivity index (χ2n) is 6.62. The second kappa shape index (κ2) is 8.68. The van der Waals surface area contributed by atoms with E-state index in [2.05, 4.69) is 19.2 Å². The number of benzene rings is 1. The van der Waals surface area contributed by atoms with Crippen LogP contribution in [0.5, 0.6) is 5.75 Å². The van der Waals surface area contributed by atoms with E-state index in [-0.39, 0.29) is 23.5 Å². The van der Waals surface area contributed by atoms with E-state index in [9.17, 15) is 10.1 Å². The number of nitriles is 1. The zero-order valence-electron chi connectivity index (χ0n) is 15.4. The Kier molecular flexibility index (Phi) is 6.60. The van der Waals surface area contributed by atoms with Crippen molar-refractivity contribution in [2.24, 2.45) is 0 Å². The van der Waals surface area contributed by atoms with Gasteiger partial charge in [-0.05, 0) is 60.6 Å². The molecule has 0 aromatic heterocycles. The largest absolute Gasteiger partial charge is 0.496 e. The Morgan fingerprint density at radius 3 is 2.84 bits per heavy atom. The van der Waals surface area contributed by atoms with Crippen LogP contribution in [0.15, 0.2) is 17.7 Å². The lowest BCUT2D eigenvalue weighted by atomic mass is 9.95. The molecule has 5 nitrogen and oxygen atoms in total. The predicted molar refractivity (Wildman–Crippen MR) is 97.4 cm³/mol. The van der Waals surface area contributed by atoms with E-state index in [1.165, 1.54) is 0 Å². The molecule has 0 bridgehead atoms. The van der Waals surface area contributed by atoms with Gasteiger partial charge in [0.25, 0.3) is 5.91 Å². The van der Waals surface area contributed by atoms with E-state index in [0.29, 0.717) is 6.54 Å². The normalized spacial score (nSPS) is 17.4. The molecule has 1 aliphatic rings. The van der Waals surface area contributed by atoms with Crippen LogP contribution in [0.25, 0.3) is 6.08 Å². The van der Waals surface area contributed by atoms with Crippen LogP contribution in [0.3, 0.4) is 0 Å². The second-order valence-corrected chi connectivity index (χ2v) is 6.62. The van der Waals surface area contributed by atoms with Crippen molar-refractivity contribution < 1.29 is 14.3 Å². The first kappa shape index (κ1) is 19.0. The molecule has 1 amide bonds.